The van der Waals surface area contributed by atoms with Crippen molar-refractivity contribution in [3.8, 4) is 11.3 Å². The molecule has 2 aromatic heterocycles. The first-order chi connectivity index (χ1) is 8.15. The van der Waals surface area contributed by atoms with Gasteiger partial charge in [0, 0.05) is 30.3 Å². The highest BCUT2D eigenvalue weighted by Gasteiger charge is 2.12. The summed E-state index contributed by atoms with van der Waals surface area (Å²) in [5, 5.41) is 4.77. The van der Waals surface area contributed by atoms with Crippen molar-refractivity contribution in [1.82, 2.24) is 19.7 Å². The van der Waals surface area contributed by atoms with E-state index in [4.69, 9.17) is 11.6 Å². The molecule has 0 fully saturated rings. The summed E-state index contributed by atoms with van der Waals surface area (Å²) in [5.74, 6) is 0.764. The maximum Gasteiger partial charge on any atom is 0.136 e. The fourth-order valence-corrected chi connectivity index (χ4v) is 1.82. The van der Waals surface area contributed by atoms with Crippen LogP contribution in [0.1, 0.15) is 25.2 Å². The molecule has 0 aliphatic rings. The highest BCUT2D eigenvalue weighted by Crippen LogP contribution is 2.25. The van der Waals surface area contributed by atoms with Crippen molar-refractivity contribution in [1.29, 1.82) is 0 Å². The molecule has 17 heavy (non-hydrogen) atoms. The largest absolute Gasteiger partial charge is 0.272 e. The van der Waals surface area contributed by atoms with Crippen LogP contribution in [0.4, 0.5) is 0 Å². The van der Waals surface area contributed by atoms with Gasteiger partial charge in [-0.1, -0.05) is 18.5 Å². The van der Waals surface area contributed by atoms with Crippen molar-refractivity contribution in [3.63, 3.8) is 0 Å². The van der Waals surface area contributed by atoms with Crippen LogP contribution in [0.15, 0.2) is 12.4 Å². The van der Waals surface area contributed by atoms with E-state index in [9.17, 15) is 0 Å². The summed E-state index contributed by atoms with van der Waals surface area (Å²) in [6.07, 6.45) is 4.56. The van der Waals surface area contributed by atoms with Crippen molar-refractivity contribution in [2.45, 2.75) is 33.7 Å². The number of rotatable bonds is 3. The molecule has 0 N–H and O–H groups in total. The van der Waals surface area contributed by atoms with Crippen molar-refractivity contribution in [2.75, 3.05) is 0 Å². The topological polar surface area (TPSA) is 43.6 Å². The van der Waals surface area contributed by atoms with E-state index in [2.05, 4.69) is 15.1 Å². The molecule has 0 saturated carbocycles. The highest BCUT2D eigenvalue weighted by atomic mass is 35.5. The zero-order chi connectivity index (χ0) is 12.4. The fraction of sp³-hybridized carbons (Fsp3) is 0.417. The zero-order valence-electron chi connectivity index (χ0n) is 10.2. The Kier molecular flexibility index (Phi) is 3.43. The van der Waals surface area contributed by atoms with Gasteiger partial charge in [0.15, 0.2) is 0 Å². The molecule has 0 aliphatic carbocycles. The Bertz CT molecular complexity index is 533. The Balaban J connectivity index is 2.53. The minimum absolute atomic E-state index is 0.524. The Labute approximate surface area is 106 Å². The van der Waals surface area contributed by atoms with Crippen LogP contribution in [-0.2, 0) is 13.0 Å². The maximum absolute atomic E-state index is 6.11. The average Bonchev–Trinajstić information content (AvgIpc) is 2.81. The van der Waals surface area contributed by atoms with Crippen LogP contribution in [0.2, 0.25) is 5.15 Å². The van der Waals surface area contributed by atoms with E-state index in [1.54, 1.807) is 0 Å². The van der Waals surface area contributed by atoms with E-state index in [0.29, 0.717) is 5.15 Å². The van der Waals surface area contributed by atoms with Crippen LogP contribution in [0.25, 0.3) is 11.3 Å². The lowest BCUT2D eigenvalue weighted by atomic mass is 10.1. The van der Waals surface area contributed by atoms with Crippen molar-refractivity contribution in [2.24, 2.45) is 0 Å². The smallest absolute Gasteiger partial charge is 0.136 e. The third-order valence-electron chi connectivity index (χ3n) is 2.68. The lowest BCUT2D eigenvalue weighted by Gasteiger charge is -2.06. The third-order valence-corrected chi connectivity index (χ3v) is 3.05. The van der Waals surface area contributed by atoms with Crippen LogP contribution < -0.4 is 0 Å². The van der Waals surface area contributed by atoms with Crippen LogP contribution in [-0.4, -0.2) is 19.7 Å². The molecule has 2 heterocycles. The molecule has 5 heteroatoms. The first-order valence-electron chi connectivity index (χ1n) is 5.71. The van der Waals surface area contributed by atoms with Crippen LogP contribution >= 0.6 is 11.6 Å². The molecule has 0 saturated heterocycles. The SMILES string of the molecule is CCc1nc(Cl)c(C)c(-c2cnn(CC)c2)n1. The van der Waals surface area contributed by atoms with Gasteiger partial charge in [0.2, 0.25) is 0 Å². The van der Waals surface area contributed by atoms with Gasteiger partial charge in [-0.3, -0.25) is 4.68 Å². The molecule has 0 aromatic carbocycles. The second-order valence-electron chi connectivity index (χ2n) is 3.84. The normalized spacial score (nSPS) is 10.8. The number of halogens is 1. The van der Waals surface area contributed by atoms with Crippen LogP contribution in [0.3, 0.4) is 0 Å². The lowest BCUT2D eigenvalue weighted by Crippen LogP contribution is -1.99. The van der Waals surface area contributed by atoms with E-state index >= 15 is 0 Å². The minimum Gasteiger partial charge on any atom is -0.272 e. The predicted octanol–water partition coefficient (Wildman–Crippen LogP) is 2.88. The summed E-state index contributed by atoms with van der Waals surface area (Å²) >= 11 is 6.11. The molecule has 0 aliphatic heterocycles. The summed E-state index contributed by atoms with van der Waals surface area (Å²) in [7, 11) is 0. The van der Waals surface area contributed by atoms with E-state index in [0.717, 1.165) is 35.6 Å². The number of hydrogen-bond donors (Lipinski definition) is 0. The molecule has 90 valence electrons. The minimum atomic E-state index is 0.524. The van der Waals surface area contributed by atoms with Crippen molar-refractivity contribution >= 4 is 11.6 Å². The van der Waals surface area contributed by atoms with Crippen molar-refractivity contribution in [3.05, 3.63) is 28.9 Å². The second kappa shape index (κ2) is 4.84. The van der Waals surface area contributed by atoms with Gasteiger partial charge in [0.1, 0.15) is 11.0 Å². The average molecular weight is 251 g/mol. The summed E-state index contributed by atoms with van der Waals surface area (Å²) in [4.78, 5) is 8.75. The molecular weight excluding hydrogens is 236 g/mol. The van der Waals surface area contributed by atoms with Gasteiger partial charge in [-0.05, 0) is 13.8 Å². The summed E-state index contributed by atoms with van der Waals surface area (Å²) in [6, 6.07) is 0. The number of hydrogen-bond acceptors (Lipinski definition) is 3. The predicted molar refractivity (Wildman–Crippen MR) is 68.1 cm³/mol. The van der Waals surface area contributed by atoms with E-state index < -0.39 is 0 Å². The third kappa shape index (κ3) is 2.31. The quantitative estimate of drug-likeness (QED) is 0.787. The van der Waals surface area contributed by atoms with Crippen LogP contribution in [0, 0.1) is 6.92 Å². The molecule has 4 nitrogen and oxygen atoms in total. The van der Waals surface area contributed by atoms with Gasteiger partial charge < -0.3 is 0 Å². The molecule has 0 atom stereocenters. The molecule has 0 amide bonds. The van der Waals surface area contributed by atoms with Crippen LogP contribution in [0.5, 0.6) is 0 Å². The number of aryl methyl sites for hydroxylation is 2. The first kappa shape index (κ1) is 12.0. The second-order valence-corrected chi connectivity index (χ2v) is 4.20. The Hall–Kier alpha value is -1.42. The van der Waals surface area contributed by atoms with Gasteiger partial charge in [-0.15, -0.1) is 0 Å². The molecule has 2 rings (SSSR count). The van der Waals surface area contributed by atoms with E-state index in [1.165, 1.54) is 0 Å². The molecule has 0 unspecified atom stereocenters. The molecule has 0 radical (unpaired) electrons. The fourth-order valence-electron chi connectivity index (χ4n) is 1.63. The Morgan fingerprint density at radius 2 is 2.06 bits per heavy atom. The monoisotopic (exact) mass is 250 g/mol. The Morgan fingerprint density at radius 1 is 1.29 bits per heavy atom. The standard InChI is InChI=1S/C12H15ClN4/c1-4-10-15-11(8(3)12(13)16-10)9-6-14-17(5-2)7-9/h6-7H,4-5H2,1-3H3. The van der Waals surface area contributed by atoms with Gasteiger partial charge >= 0.3 is 0 Å². The number of nitrogens with zero attached hydrogens (tertiary/aromatic N) is 4. The molecule has 2 aromatic rings. The van der Waals surface area contributed by atoms with E-state index in [1.807, 2.05) is 37.8 Å². The first-order valence-corrected chi connectivity index (χ1v) is 6.09. The van der Waals surface area contributed by atoms with Gasteiger partial charge in [0.25, 0.3) is 0 Å². The summed E-state index contributed by atoms with van der Waals surface area (Å²) < 4.78 is 1.87. The summed E-state index contributed by atoms with van der Waals surface area (Å²) in [6.45, 7) is 6.84. The molecule has 0 spiro atoms. The maximum atomic E-state index is 6.11. The van der Waals surface area contributed by atoms with Gasteiger partial charge in [-0.25, -0.2) is 9.97 Å². The Morgan fingerprint density at radius 3 is 2.65 bits per heavy atom. The zero-order valence-corrected chi connectivity index (χ0v) is 11.0. The molecular formula is C12H15ClN4. The lowest BCUT2D eigenvalue weighted by molar-refractivity contribution is 0.660. The van der Waals surface area contributed by atoms with E-state index in [-0.39, 0.29) is 0 Å². The van der Waals surface area contributed by atoms with Gasteiger partial charge in [-0.2, -0.15) is 5.10 Å². The summed E-state index contributed by atoms with van der Waals surface area (Å²) in [5.41, 5.74) is 2.77. The molecule has 0 bridgehead atoms. The van der Waals surface area contributed by atoms with Crippen molar-refractivity contribution < 1.29 is 0 Å². The van der Waals surface area contributed by atoms with Gasteiger partial charge in [0.05, 0.1) is 11.9 Å². The highest BCUT2D eigenvalue weighted by molar-refractivity contribution is 6.30. The number of aromatic nitrogens is 4.